The first-order valence-electron chi connectivity index (χ1n) is 5.13. The molecule has 1 fully saturated rings. The Bertz CT molecular complexity index is 336. The second-order valence-corrected chi connectivity index (χ2v) is 3.98. The van der Waals surface area contributed by atoms with E-state index in [1.807, 2.05) is 6.92 Å². The summed E-state index contributed by atoms with van der Waals surface area (Å²) in [5, 5.41) is 8.98. The molecule has 1 aliphatic rings. The number of H-pyrrole nitrogens is 1. The number of rotatable bonds is 3. The Kier molecular flexibility index (Phi) is 2.73. The molecule has 1 aromatic rings. The summed E-state index contributed by atoms with van der Waals surface area (Å²) in [6.45, 7) is 3.51. The Morgan fingerprint density at radius 1 is 1.80 bits per heavy atom. The molecule has 15 heavy (non-hydrogen) atoms. The smallest absolute Gasteiger partial charge is 0.308 e. The van der Waals surface area contributed by atoms with Crippen LogP contribution in [-0.4, -0.2) is 38.5 Å². The predicted molar refractivity (Wildman–Crippen MR) is 54.2 cm³/mol. The molecule has 2 heterocycles. The second kappa shape index (κ2) is 4.02. The molecule has 0 saturated carbocycles. The lowest BCUT2D eigenvalue weighted by molar-refractivity contribution is -0.142. The van der Waals surface area contributed by atoms with Gasteiger partial charge in [0.05, 0.1) is 12.5 Å². The van der Waals surface area contributed by atoms with Crippen molar-refractivity contribution in [3.05, 3.63) is 18.2 Å². The maximum Gasteiger partial charge on any atom is 0.308 e. The van der Waals surface area contributed by atoms with Crippen molar-refractivity contribution in [3.63, 3.8) is 0 Å². The van der Waals surface area contributed by atoms with Crippen molar-refractivity contribution in [3.8, 4) is 0 Å². The quantitative estimate of drug-likeness (QED) is 0.769. The Balaban J connectivity index is 1.98. The molecule has 2 atom stereocenters. The molecule has 2 N–H and O–H groups in total. The van der Waals surface area contributed by atoms with Gasteiger partial charge in [-0.3, -0.25) is 9.69 Å². The Hall–Kier alpha value is -1.36. The van der Waals surface area contributed by atoms with E-state index in [1.165, 1.54) is 0 Å². The van der Waals surface area contributed by atoms with Gasteiger partial charge in [-0.05, 0) is 19.9 Å². The molecule has 0 aromatic carbocycles. The van der Waals surface area contributed by atoms with Crippen LogP contribution in [0.2, 0.25) is 0 Å². The van der Waals surface area contributed by atoms with Gasteiger partial charge in [-0.2, -0.15) is 0 Å². The molecule has 0 amide bonds. The van der Waals surface area contributed by atoms with Crippen LogP contribution in [0.3, 0.4) is 0 Å². The first-order valence-corrected chi connectivity index (χ1v) is 5.13. The van der Waals surface area contributed by atoms with Gasteiger partial charge in [0.1, 0.15) is 5.82 Å². The van der Waals surface area contributed by atoms with Crippen LogP contribution in [-0.2, 0) is 11.3 Å². The van der Waals surface area contributed by atoms with E-state index in [-0.39, 0.29) is 12.0 Å². The van der Waals surface area contributed by atoms with Crippen molar-refractivity contribution in [2.45, 2.75) is 25.9 Å². The highest BCUT2D eigenvalue weighted by molar-refractivity contribution is 5.71. The summed E-state index contributed by atoms with van der Waals surface area (Å²) in [6.07, 6.45) is 4.23. The minimum Gasteiger partial charge on any atom is -0.481 e. The van der Waals surface area contributed by atoms with Crippen molar-refractivity contribution in [1.29, 1.82) is 0 Å². The topological polar surface area (TPSA) is 69.2 Å². The van der Waals surface area contributed by atoms with E-state index in [0.29, 0.717) is 6.54 Å². The van der Waals surface area contributed by atoms with Crippen molar-refractivity contribution in [2.24, 2.45) is 5.92 Å². The molecule has 5 heteroatoms. The summed E-state index contributed by atoms with van der Waals surface area (Å²) < 4.78 is 0. The van der Waals surface area contributed by atoms with E-state index in [1.54, 1.807) is 12.4 Å². The second-order valence-electron chi connectivity index (χ2n) is 3.98. The number of likely N-dealkylation sites (tertiary alicyclic amines) is 1. The third-order valence-corrected chi connectivity index (χ3v) is 3.11. The highest BCUT2D eigenvalue weighted by Crippen LogP contribution is 2.25. The van der Waals surface area contributed by atoms with Gasteiger partial charge in [-0.15, -0.1) is 0 Å². The zero-order chi connectivity index (χ0) is 10.8. The zero-order valence-corrected chi connectivity index (χ0v) is 8.68. The lowest BCUT2D eigenvalue weighted by atomic mass is 10.0. The first-order chi connectivity index (χ1) is 7.18. The molecule has 5 nitrogen and oxygen atoms in total. The number of nitrogens with one attached hydrogen (secondary N) is 1. The monoisotopic (exact) mass is 209 g/mol. The van der Waals surface area contributed by atoms with Crippen LogP contribution >= 0.6 is 0 Å². The molecule has 2 unspecified atom stereocenters. The van der Waals surface area contributed by atoms with Crippen molar-refractivity contribution < 1.29 is 9.90 Å². The molecule has 0 spiro atoms. The van der Waals surface area contributed by atoms with Gasteiger partial charge in [0.15, 0.2) is 0 Å². The number of hydrogen-bond donors (Lipinski definition) is 2. The van der Waals surface area contributed by atoms with Gasteiger partial charge >= 0.3 is 5.97 Å². The number of imidazole rings is 1. The molecule has 0 aliphatic carbocycles. The lowest BCUT2D eigenvalue weighted by Crippen LogP contribution is -2.32. The van der Waals surface area contributed by atoms with Crippen LogP contribution in [0.5, 0.6) is 0 Å². The molecular weight excluding hydrogens is 194 g/mol. The average molecular weight is 209 g/mol. The molecule has 2 rings (SSSR count). The van der Waals surface area contributed by atoms with Crippen molar-refractivity contribution in [1.82, 2.24) is 14.9 Å². The van der Waals surface area contributed by atoms with Crippen molar-refractivity contribution >= 4 is 5.97 Å². The van der Waals surface area contributed by atoms with E-state index in [4.69, 9.17) is 5.11 Å². The third-order valence-electron chi connectivity index (χ3n) is 3.11. The van der Waals surface area contributed by atoms with Gasteiger partial charge in [-0.25, -0.2) is 4.98 Å². The Morgan fingerprint density at radius 3 is 3.13 bits per heavy atom. The number of carbonyl (C=O) groups is 1. The third kappa shape index (κ3) is 2.02. The van der Waals surface area contributed by atoms with Crippen LogP contribution in [0.25, 0.3) is 0 Å². The minimum atomic E-state index is -0.690. The van der Waals surface area contributed by atoms with Gasteiger partial charge < -0.3 is 10.1 Å². The maximum atomic E-state index is 10.9. The Morgan fingerprint density at radius 2 is 2.60 bits per heavy atom. The normalized spacial score (nSPS) is 27.0. The van der Waals surface area contributed by atoms with Crippen LogP contribution in [0.15, 0.2) is 12.4 Å². The molecule has 0 radical (unpaired) electrons. The van der Waals surface area contributed by atoms with Crippen molar-refractivity contribution in [2.75, 3.05) is 6.54 Å². The van der Waals surface area contributed by atoms with Crippen LogP contribution in [0.1, 0.15) is 19.2 Å². The number of carboxylic acid groups (broad SMARTS) is 1. The summed E-state index contributed by atoms with van der Waals surface area (Å²) in [6, 6.07) is 0.0904. The van der Waals surface area contributed by atoms with Gasteiger partial charge in [0.2, 0.25) is 0 Å². The fraction of sp³-hybridized carbons (Fsp3) is 0.600. The lowest BCUT2D eigenvalue weighted by Gasteiger charge is -2.21. The fourth-order valence-corrected chi connectivity index (χ4v) is 2.13. The van der Waals surface area contributed by atoms with E-state index >= 15 is 0 Å². The van der Waals surface area contributed by atoms with E-state index in [0.717, 1.165) is 18.8 Å². The molecule has 1 saturated heterocycles. The zero-order valence-electron chi connectivity index (χ0n) is 8.68. The summed E-state index contributed by atoms with van der Waals surface area (Å²) in [5.74, 6) is -0.0303. The Labute approximate surface area is 88.1 Å². The van der Waals surface area contributed by atoms with Crippen LogP contribution < -0.4 is 0 Å². The highest BCUT2D eigenvalue weighted by atomic mass is 16.4. The summed E-state index contributed by atoms with van der Waals surface area (Å²) >= 11 is 0. The first kappa shape index (κ1) is 10.2. The molecular formula is C10H15N3O2. The summed E-state index contributed by atoms with van der Waals surface area (Å²) in [5.41, 5.74) is 0. The standard InChI is InChI=1S/C10H15N3O2/c1-7-8(10(14)15)2-5-13(7)6-9-11-3-4-12-9/h3-4,7-8H,2,5-6H2,1H3,(H,11,12)(H,14,15). The van der Waals surface area contributed by atoms with Crippen LogP contribution in [0, 0.1) is 5.92 Å². The fourth-order valence-electron chi connectivity index (χ4n) is 2.13. The molecule has 0 bridgehead atoms. The number of carboxylic acids is 1. The van der Waals surface area contributed by atoms with Gasteiger partial charge in [0.25, 0.3) is 0 Å². The molecule has 1 aliphatic heterocycles. The maximum absolute atomic E-state index is 10.9. The minimum absolute atomic E-state index is 0.0904. The average Bonchev–Trinajstić information content (AvgIpc) is 2.78. The summed E-state index contributed by atoms with van der Waals surface area (Å²) in [7, 11) is 0. The molecule has 82 valence electrons. The van der Waals surface area contributed by atoms with E-state index in [9.17, 15) is 4.79 Å². The van der Waals surface area contributed by atoms with Crippen LogP contribution in [0.4, 0.5) is 0 Å². The van der Waals surface area contributed by atoms with E-state index < -0.39 is 5.97 Å². The molecule has 1 aromatic heterocycles. The largest absolute Gasteiger partial charge is 0.481 e. The van der Waals surface area contributed by atoms with Gasteiger partial charge in [-0.1, -0.05) is 0 Å². The number of nitrogens with zero attached hydrogens (tertiary/aromatic N) is 2. The number of aliphatic carboxylic acids is 1. The number of aromatic nitrogens is 2. The SMILES string of the molecule is CC1C(C(=O)O)CCN1Cc1ncc[nH]1. The van der Waals surface area contributed by atoms with Gasteiger partial charge in [0, 0.05) is 18.4 Å². The number of aromatic amines is 1. The highest BCUT2D eigenvalue weighted by Gasteiger charge is 2.35. The van der Waals surface area contributed by atoms with E-state index in [2.05, 4.69) is 14.9 Å². The summed E-state index contributed by atoms with van der Waals surface area (Å²) in [4.78, 5) is 20.2. The number of hydrogen-bond acceptors (Lipinski definition) is 3. The predicted octanol–water partition coefficient (Wildman–Crippen LogP) is 0.705.